The standard InChI is InChI=1S/C14H20ClNO3/c1-11(15)14(19)16(13(10-18)7-8-17)9-12-5-3-2-4-6-12/h2-6,11,13,17-18H,7-10H2,1H3. The second-order valence-corrected chi connectivity index (χ2v) is 5.07. The molecular formula is C14H20ClNO3. The van der Waals surface area contributed by atoms with E-state index in [-0.39, 0.29) is 19.1 Å². The highest BCUT2D eigenvalue weighted by atomic mass is 35.5. The van der Waals surface area contributed by atoms with E-state index in [0.717, 1.165) is 5.56 Å². The lowest BCUT2D eigenvalue weighted by Crippen LogP contribution is -2.45. The molecule has 2 atom stereocenters. The molecule has 1 amide bonds. The largest absolute Gasteiger partial charge is 0.396 e. The number of alkyl halides is 1. The molecule has 0 aliphatic rings. The molecule has 0 aromatic heterocycles. The van der Waals surface area contributed by atoms with Crippen LogP contribution in [0.4, 0.5) is 0 Å². The molecule has 1 rings (SSSR count). The number of aliphatic hydroxyl groups is 2. The normalized spacial score (nSPS) is 13.9. The number of carbonyl (C=O) groups excluding carboxylic acids is 1. The predicted molar refractivity (Wildman–Crippen MR) is 74.9 cm³/mol. The van der Waals surface area contributed by atoms with Gasteiger partial charge in [0.15, 0.2) is 0 Å². The summed E-state index contributed by atoms with van der Waals surface area (Å²) >= 11 is 5.86. The molecule has 0 saturated carbocycles. The lowest BCUT2D eigenvalue weighted by molar-refractivity contribution is -0.134. The summed E-state index contributed by atoms with van der Waals surface area (Å²) in [5, 5.41) is 17.8. The van der Waals surface area contributed by atoms with Gasteiger partial charge in [0.2, 0.25) is 5.91 Å². The maximum absolute atomic E-state index is 12.1. The highest BCUT2D eigenvalue weighted by molar-refractivity contribution is 6.30. The van der Waals surface area contributed by atoms with Crippen molar-refractivity contribution in [2.45, 2.75) is 31.3 Å². The van der Waals surface area contributed by atoms with Crippen LogP contribution in [0.25, 0.3) is 0 Å². The Morgan fingerprint density at radius 3 is 2.42 bits per heavy atom. The molecule has 0 heterocycles. The van der Waals surface area contributed by atoms with Crippen LogP contribution in [0.2, 0.25) is 0 Å². The number of hydrogen-bond donors (Lipinski definition) is 2. The quantitative estimate of drug-likeness (QED) is 0.744. The zero-order chi connectivity index (χ0) is 14.3. The molecular weight excluding hydrogens is 266 g/mol. The van der Waals surface area contributed by atoms with E-state index < -0.39 is 11.4 Å². The Hall–Kier alpha value is -1.10. The van der Waals surface area contributed by atoms with E-state index in [1.165, 1.54) is 4.90 Å². The molecule has 0 fully saturated rings. The number of carbonyl (C=O) groups is 1. The van der Waals surface area contributed by atoms with E-state index in [4.69, 9.17) is 16.7 Å². The van der Waals surface area contributed by atoms with Gasteiger partial charge in [0.05, 0.1) is 12.6 Å². The number of halogens is 1. The first-order valence-corrected chi connectivity index (χ1v) is 6.74. The SMILES string of the molecule is CC(Cl)C(=O)N(Cc1ccccc1)C(CO)CCO. The molecule has 106 valence electrons. The van der Waals surface area contributed by atoms with E-state index in [0.29, 0.717) is 13.0 Å². The predicted octanol–water partition coefficient (Wildman–Crippen LogP) is 1.39. The topological polar surface area (TPSA) is 60.8 Å². The van der Waals surface area contributed by atoms with E-state index in [1.54, 1.807) is 6.92 Å². The number of benzene rings is 1. The zero-order valence-corrected chi connectivity index (χ0v) is 11.8. The smallest absolute Gasteiger partial charge is 0.240 e. The van der Waals surface area contributed by atoms with Gasteiger partial charge >= 0.3 is 0 Å². The van der Waals surface area contributed by atoms with Gasteiger partial charge in [-0.3, -0.25) is 4.79 Å². The first-order chi connectivity index (χ1) is 9.10. The molecule has 0 saturated heterocycles. The molecule has 2 N–H and O–H groups in total. The summed E-state index contributed by atoms with van der Waals surface area (Å²) in [4.78, 5) is 13.7. The van der Waals surface area contributed by atoms with E-state index in [1.807, 2.05) is 30.3 Å². The molecule has 1 aromatic carbocycles. The van der Waals surface area contributed by atoms with Gasteiger partial charge < -0.3 is 15.1 Å². The van der Waals surface area contributed by atoms with Gasteiger partial charge in [0.25, 0.3) is 0 Å². The van der Waals surface area contributed by atoms with E-state index in [9.17, 15) is 9.90 Å². The van der Waals surface area contributed by atoms with E-state index >= 15 is 0 Å². The van der Waals surface area contributed by atoms with E-state index in [2.05, 4.69) is 0 Å². The Kier molecular flexibility index (Phi) is 6.84. The Morgan fingerprint density at radius 1 is 1.32 bits per heavy atom. The molecule has 0 aliphatic heterocycles. The summed E-state index contributed by atoms with van der Waals surface area (Å²) in [6, 6.07) is 9.08. The van der Waals surface area contributed by atoms with Crippen molar-refractivity contribution in [3.05, 3.63) is 35.9 Å². The molecule has 19 heavy (non-hydrogen) atoms. The van der Waals surface area contributed by atoms with Gasteiger partial charge in [-0.1, -0.05) is 30.3 Å². The minimum Gasteiger partial charge on any atom is -0.396 e. The summed E-state index contributed by atoms with van der Waals surface area (Å²) in [6.45, 7) is 1.71. The minimum absolute atomic E-state index is 0.0829. The van der Waals surface area contributed by atoms with Gasteiger partial charge in [0, 0.05) is 13.2 Å². The van der Waals surface area contributed by atoms with Crippen LogP contribution >= 0.6 is 11.6 Å². The molecule has 0 radical (unpaired) electrons. The molecule has 2 unspecified atom stereocenters. The average molecular weight is 286 g/mol. The lowest BCUT2D eigenvalue weighted by atomic mass is 10.1. The second-order valence-electron chi connectivity index (χ2n) is 4.42. The van der Waals surface area contributed by atoms with Gasteiger partial charge in [-0.15, -0.1) is 11.6 Å². The first kappa shape index (κ1) is 16.0. The highest BCUT2D eigenvalue weighted by Gasteiger charge is 2.25. The van der Waals surface area contributed by atoms with Crippen LogP contribution in [0.15, 0.2) is 30.3 Å². The third-order valence-corrected chi connectivity index (χ3v) is 3.12. The summed E-state index contributed by atoms with van der Waals surface area (Å²) < 4.78 is 0. The third-order valence-electron chi connectivity index (χ3n) is 2.93. The highest BCUT2D eigenvalue weighted by Crippen LogP contribution is 2.14. The Balaban J connectivity index is 2.88. The van der Waals surface area contributed by atoms with Gasteiger partial charge in [0.1, 0.15) is 5.38 Å². The number of rotatable bonds is 7. The van der Waals surface area contributed by atoms with Crippen LogP contribution < -0.4 is 0 Å². The van der Waals surface area contributed by atoms with Crippen molar-refractivity contribution >= 4 is 17.5 Å². The van der Waals surface area contributed by atoms with Gasteiger partial charge in [-0.25, -0.2) is 0 Å². The first-order valence-electron chi connectivity index (χ1n) is 6.30. The van der Waals surface area contributed by atoms with Crippen LogP contribution in [0.3, 0.4) is 0 Å². The van der Waals surface area contributed by atoms with Gasteiger partial charge in [-0.05, 0) is 18.9 Å². The molecule has 4 nitrogen and oxygen atoms in total. The van der Waals surface area contributed by atoms with Crippen molar-refractivity contribution in [3.63, 3.8) is 0 Å². The number of aliphatic hydroxyl groups excluding tert-OH is 2. The zero-order valence-electron chi connectivity index (χ0n) is 11.0. The monoisotopic (exact) mass is 285 g/mol. The average Bonchev–Trinajstić information content (AvgIpc) is 2.43. The molecule has 0 bridgehead atoms. The van der Waals surface area contributed by atoms with Crippen LogP contribution in [0.1, 0.15) is 18.9 Å². The van der Waals surface area contributed by atoms with Crippen LogP contribution in [0, 0.1) is 0 Å². The Morgan fingerprint density at radius 2 is 1.95 bits per heavy atom. The van der Waals surface area contributed by atoms with Crippen molar-refractivity contribution < 1.29 is 15.0 Å². The van der Waals surface area contributed by atoms with Crippen molar-refractivity contribution in [3.8, 4) is 0 Å². The van der Waals surface area contributed by atoms with Gasteiger partial charge in [-0.2, -0.15) is 0 Å². The van der Waals surface area contributed by atoms with Crippen molar-refractivity contribution in [1.29, 1.82) is 0 Å². The van der Waals surface area contributed by atoms with Crippen LogP contribution in [0.5, 0.6) is 0 Å². The Bertz CT molecular complexity index is 384. The maximum Gasteiger partial charge on any atom is 0.240 e. The van der Waals surface area contributed by atoms with Crippen molar-refractivity contribution in [2.75, 3.05) is 13.2 Å². The summed E-state index contributed by atoms with van der Waals surface area (Å²) in [7, 11) is 0. The fourth-order valence-corrected chi connectivity index (χ4v) is 2.02. The van der Waals surface area contributed by atoms with Crippen LogP contribution in [-0.4, -0.2) is 45.7 Å². The molecule has 1 aromatic rings. The third kappa shape index (κ3) is 4.82. The molecule has 0 aliphatic carbocycles. The second kappa shape index (κ2) is 8.15. The molecule has 5 heteroatoms. The fourth-order valence-electron chi connectivity index (χ4n) is 1.89. The lowest BCUT2D eigenvalue weighted by Gasteiger charge is -2.31. The number of nitrogens with zero attached hydrogens (tertiary/aromatic N) is 1. The minimum atomic E-state index is -0.656. The summed E-state index contributed by atoms with van der Waals surface area (Å²) in [5.74, 6) is -0.238. The number of hydrogen-bond acceptors (Lipinski definition) is 3. The van der Waals surface area contributed by atoms with Crippen LogP contribution in [-0.2, 0) is 11.3 Å². The summed E-state index contributed by atoms with van der Waals surface area (Å²) in [5.41, 5.74) is 0.963. The van der Waals surface area contributed by atoms with Crippen molar-refractivity contribution in [1.82, 2.24) is 4.90 Å². The fraction of sp³-hybridized carbons (Fsp3) is 0.500. The Labute approximate surface area is 118 Å². The maximum atomic E-state index is 12.1. The van der Waals surface area contributed by atoms with Crippen molar-refractivity contribution in [2.24, 2.45) is 0 Å². The number of amides is 1. The summed E-state index contributed by atoms with van der Waals surface area (Å²) in [6.07, 6.45) is 0.332. The molecule has 0 spiro atoms.